The molecule has 0 fully saturated rings. The summed E-state index contributed by atoms with van der Waals surface area (Å²) in [5.41, 5.74) is -0.887. The smallest absolute Gasteiger partial charge is 0.317 e. The highest BCUT2D eigenvalue weighted by molar-refractivity contribution is 7.10. The van der Waals surface area contributed by atoms with Gasteiger partial charge in [-0.2, -0.15) is 0 Å². The first-order valence-electron chi connectivity index (χ1n) is 7.19. The average molecular weight is 313 g/mol. The predicted octanol–water partition coefficient (Wildman–Crippen LogP) is 2.15. The lowest BCUT2D eigenvalue weighted by molar-refractivity contribution is 0.0478. The number of urea groups is 1. The molecule has 0 aliphatic carbocycles. The molecule has 1 aromatic heterocycles. The maximum atomic E-state index is 12.2. The number of thiophene rings is 1. The lowest BCUT2D eigenvalue weighted by Crippen LogP contribution is -2.48. The van der Waals surface area contributed by atoms with Gasteiger partial charge >= 0.3 is 6.03 Å². The molecule has 0 bridgehead atoms. The molecule has 1 unspecified atom stereocenters. The van der Waals surface area contributed by atoms with E-state index in [9.17, 15) is 9.90 Å². The average Bonchev–Trinajstić information content (AvgIpc) is 2.88. The Morgan fingerprint density at radius 3 is 2.57 bits per heavy atom. The summed E-state index contributed by atoms with van der Waals surface area (Å²) in [4.78, 5) is 17.2. The third-order valence-electron chi connectivity index (χ3n) is 3.19. The Kier molecular flexibility index (Phi) is 6.64. The van der Waals surface area contributed by atoms with Crippen molar-refractivity contribution in [3.8, 4) is 0 Å². The van der Waals surface area contributed by atoms with Crippen LogP contribution in [0.3, 0.4) is 0 Å². The number of nitrogens with zero attached hydrogens (tertiary/aromatic N) is 2. The highest BCUT2D eigenvalue weighted by atomic mass is 32.1. The van der Waals surface area contributed by atoms with Crippen molar-refractivity contribution >= 4 is 17.4 Å². The molecular formula is C15H27N3O2S. The summed E-state index contributed by atoms with van der Waals surface area (Å²) in [5.74, 6) is 0. The fourth-order valence-electron chi connectivity index (χ4n) is 2.11. The molecule has 1 aromatic rings. The lowest BCUT2D eigenvalue weighted by atomic mass is 10.1. The van der Waals surface area contributed by atoms with E-state index in [4.69, 9.17) is 0 Å². The molecule has 1 atom stereocenters. The molecule has 21 heavy (non-hydrogen) atoms. The fourth-order valence-corrected chi connectivity index (χ4v) is 3.03. The van der Waals surface area contributed by atoms with E-state index in [-0.39, 0.29) is 12.1 Å². The summed E-state index contributed by atoms with van der Waals surface area (Å²) < 4.78 is 0. The number of hydrogen-bond acceptors (Lipinski definition) is 4. The van der Waals surface area contributed by atoms with Gasteiger partial charge in [-0.1, -0.05) is 6.07 Å². The lowest BCUT2D eigenvalue weighted by Gasteiger charge is -2.30. The van der Waals surface area contributed by atoms with E-state index in [1.807, 2.05) is 32.5 Å². The first kappa shape index (κ1) is 17.9. The SMILES string of the molecule is CCN(CC(C)(C)O)C(=O)NCC(c1cccs1)N(C)C. The molecule has 0 saturated heterocycles. The number of carbonyl (C=O) groups excluding carboxylic acids is 1. The summed E-state index contributed by atoms with van der Waals surface area (Å²) in [6.45, 7) is 6.76. The van der Waals surface area contributed by atoms with Crippen molar-refractivity contribution in [1.82, 2.24) is 15.1 Å². The van der Waals surface area contributed by atoms with Crippen LogP contribution >= 0.6 is 11.3 Å². The van der Waals surface area contributed by atoms with Crippen LogP contribution in [0.2, 0.25) is 0 Å². The second kappa shape index (κ2) is 7.77. The van der Waals surface area contributed by atoms with E-state index < -0.39 is 5.60 Å². The molecule has 0 spiro atoms. The Bertz CT molecular complexity index is 427. The molecule has 0 aliphatic heterocycles. The second-order valence-electron chi connectivity index (χ2n) is 6.01. The first-order chi connectivity index (χ1) is 9.74. The van der Waals surface area contributed by atoms with Crippen molar-refractivity contribution in [2.24, 2.45) is 0 Å². The van der Waals surface area contributed by atoms with Gasteiger partial charge in [0.25, 0.3) is 0 Å². The van der Waals surface area contributed by atoms with Gasteiger partial charge in [-0.05, 0) is 46.3 Å². The Morgan fingerprint density at radius 1 is 1.48 bits per heavy atom. The highest BCUT2D eigenvalue weighted by Crippen LogP contribution is 2.22. The first-order valence-corrected chi connectivity index (χ1v) is 8.07. The van der Waals surface area contributed by atoms with Gasteiger partial charge in [0.05, 0.1) is 18.2 Å². The second-order valence-corrected chi connectivity index (χ2v) is 6.99. The molecular weight excluding hydrogens is 286 g/mol. The van der Waals surface area contributed by atoms with Crippen LogP contribution in [0.25, 0.3) is 0 Å². The van der Waals surface area contributed by atoms with Gasteiger partial charge in [0.15, 0.2) is 0 Å². The minimum absolute atomic E-state index is 0.136. The summed E-state index contributed by atoms with van der Waals surface area (Å²) in [7, 11) is 4.01. The third kappa shape index (κ3) is 6.03. The molecule has 0 aromatic carbocycles. The van der Waals surface area contributed by atoms with Crippen molar-refractivity contribution in [2.45, 2.75) is 32.4 Å². The molecule has 1 heterocycles. The number of rotatable bonds is 7. The highest BCUT2D eigenvalue weighted by Gasteiger charge is 2.22. The van der Waals surface area contributed by atoms with Crippen molar-refractivity contribution < 1.29 is 9.90 Å². The molecule has 2 amide bonds. The zero-order valence-electron chi connectivity index (χ0n) is 13.6. The molecule has 120 valence electrons. The molecule has 2 N–H and O–H groups in total. The summed E-state index contributed by atoms with van der Waals surface area (Å²) in [6, 6.07) is 4.12. The monoisotopic (exact) mass is 313 g/mol. The van der Waals surface area contributed by atoms with Crippen LogP contribution in [0.4, 0.5) is 4.79 Å². The van der Waals surface area contributed by atoms with Gasteiger partial charge in [-0.3, -0.25) is 0 Å². The van der Waals surface area contributed by atoms with Crippen LogP contribution in [0.5, 0.6) is 0 Å². The number of amides is 2. The van der Waals surface area contributed by atoms with Crippen molar-refractivity contribution in [2.75, 3.05) is 33.7 Å². The van der Waals surface area contributed by atoms with E-state index in [0.29, 0.717) is 19.6 Å². The summed E-state index contributed by atoms with van der Waals surface area (Å²) >= 11 is 1.69. The van der Waals surface area contributed by atoms with E-state index in [0.717, 1.165) is 0 Å². The molecule has 5 nitrogen and oxygen atoms in total. The van der Waals surface area contributed by atoms with Crippen LogP contribution in [-0.2, 0) is 0 Å². The molecule has 0 saturated carbocycles. The Labute approximate surface area is 131 Å². The Hall–Kier alpha value is -1.11. The third-order valence-corrected chi connectivity index (χ3v) is 4.16. The Balaban J connectivity index is 2.60. The minimum atomic E-state index is -0.887. The number of hydrogen-bond donors (Lipinski definition) is 2. The van der Waals surface area contributed by atoms with Crippen molar-refractivity contribution in [3.63, 3.8) is 0 Å². The molecule has 0 aliphatic rings. The van der Waals surface area contributed by atoms with Crippen molar-refractivity contribution in [3.05, 3.63) is 22.4 Å². The van der Waals surface area contributed by atoms with E-state index in [1.54, 1.807) is 30.1 Å². The van der Waals surface area contributed by atoms with Gasteiger partial charge in [-0.25, -0.2) is 4.79 Å². The van der Waals surface area contributed by atoms with E-state index in [2.05, 4.69) is 16.3 Å². The zero-order chi connectivity index (χ0) is 16.0. The van der Waals surface area contributed by atoms with Gasteiger partial charge in [0.1, 0.15) is 0 Å². The minimum Gasteiger partial charge on any atom is -0.389 e. The van der Waals surface area contributed by atoms with Gasteiger partial charge < -0.3 is 20.2 Å². The van der Waals surface area contributed by atoms with Crippen LogP contribution in [0, 0.1) is 0 Å². The van der Waals surface area contributed by atoms with Gasteiger partial charge in [0, 0.05) is 18.0 Å². The zero-order valence-corrected chi connectivity index (χ0v) is 14.4. The quantitative estimate of drug-likeness (QED) is 0.811. The number of likely N-dealkylation sites (N-methyl/N-ethyl adjacent to an activating group) is 2. The van der Waals surface area contributed by atoms with Crippen LogP contribution in [0.1, 0.15) is 31.7 Å². The number of carbonyl (C=O) groups is 1. The van der Waals surface area contributed by atoms with E-state index >= 15 is 0 Å². The number of nitrogens with one attached hydrogen (secondary N) is 1. The van der Waals surface area contributed by atoms with Crippen LogP contribution in [0.15, 0.2) is 17.5 Å². The van der Waals surface area contributed by atoms with Gasteiger partial charge in [-0.15, -0.1) is 11.3 Å². The molecule has 1 rings (SSSR count). The topological polar surface area (TPSA) is 55.8 Å². The van der Waals surface area contributed by atoms with E-state index in [1.165, 1.54) is 4.88 Å². The van der Waals surface area contributed by atoms with Crippen LogP contribution in [-0.4, -0.2) is 60.3 Å². The van der Waals surface area contributed by atoms with Crippen molar-refractivity contribution in [1.29, 1.82) is 0 Å². The van der Waals surface area contributed by atoms with Crippen LogP contribution < -0.4 is 5.32 Å². The normalized spacial score (nSPS) is 13.3. The molecule has 0 radical (unpaired) electrons. The molecule has 6 heteroatoms. The summed E-state index contributed by atoms with van der Waals surface area (Å²) in [5, 5.41) is 14.9. The Morgan fingerprint density at radius 2 is 2.14 bits per heavy atom. The largest absolute Gasteiger partial charge is 0.389 e. The fraction of sp³-hybridized carbons (Fsp3) is 0.667. The summed E-state index contributed by atoms with van der Waals surface area (Å²) in [6.07, 6.45) is 0. The maximum absolute atomic E-state index is 12.2. The predicted molar refractivity (Wildman–Crippen MR) is 87.7 cm³/mol. The number of aliphatic hydroxyl groups is 1. The van der Waals surface area contributed by atoms with Gasteiger partial charge in [0.2, 0.25) is 0 Å². The maximum Gasteiger partial charge on any atom is 0.317 e. The standard InChI is InChI=1S/C15H27N3O2S/c1-6-18(11-15(2,3)20)14(19)16-10-12(17(4)5)13-8-7-9-21-13/h7-9,12,20H,6,10-11H2,1-5H3,(H,16,19).